The third-order valence-electron chi connectivity index (χ3n) is 4.58. The monoisotopic (exact) mass is 294 g/mol. The lowest BCUT2D eigenvalue weighted by Crippen LogP contribution is -2.31. The smallest absolute Gasteiger partial charge is 0.226 e. The van der Waals surface area contributed by atoms with E-state index in [9.17, 15) is 13.6 Å². The average molecular weight is 294 g/mol. The van der Waals surface area contributed by atoms with Gasteiger partial charge in [0, 0.05) is 19.0 Å². The Balaban J connectivity index is 1.63. The largest absolute Gasteiger partial charge is 0.342 e. The number of carbonyl (C=O) groups excluding carboxylic acids is 1. The van der Waals surface area contributed by atoms with Gasteiger partial charge in [-0.3, -0.25) is 4.79 Å². The standard InChI is InChI=1S/C16H20F2N2O/c1-19-8-10-5-6-20(9-10)16(21)13-7-12(13)11-3-2-4-14(17)15(11)18/h2-4,10,12-13,19H,5-9H2,1H3/t10-,12+,13-/m0/s1. The highest BCUT2D eigenvalue weighted by Crippen LogP contribution is 2.49. The number of hydrogen-bond acceptors (Lipinski definition) is 2. The molecule has 21 heavy (non-hydrogen) atoms. The summed E-state index contributed by atoms with van der Waals surface area (Å²) in [5.41, 5.74) is 0.347. The number of carbonyl (C=O) groups is 1. The Bertz CT molecular complexity index is 549. The maximum absolute atomic E-state index is 13.8. The van der Waals surface area contributed by atoms with Crippen molar-refractivity contribution < 1.29 is 13.6 Å². The van der Waals surface area contributed by atoms with Crippen molar-refractivity contribution in [2.24, 2.45) is 11.8 Å². The topological polar surface area (TPSA) is 32.3 Å². The summed E-state index contributed by atoms with van der Waals surface area (Å²) in [7, 11) is 1.91. The predicted octanol–water partition coefficient (Wildman–Crippen LogP) is 2.14. The number of halogens is 2. The molecule has 1 amide bonds. The van der Waals surface area contributed by atoms with Gasteiger partial charge in [0.25, 0.3) is 0 Å². The van der Waals surface area contributed by atoms with E-state index in [0.717, 1.165) is 32.1 Å². The van der Waals surface area contributed by atoms with Gasteiger partial charge in [-0.25, -0.2) is 8.78 Å². The van der Waals surface area contributed by atoms with Gasteiger partial charge in [0.1, 0.15) is 0 Å². The van der Waals surface area contributed by atoms with Crippen LogP contribution in [-0.4, -0.2) is 37.5 Å². The van der Waals surface area contributed by atoms with Crippen molar-refractivity contribution in [2.45, 2.75) is 18.8 Å². The fraction of sp³-hybridized carbons (Fsp3) is 0.562. The first-order valence-corrected chi connectivity index (χ1v) is 7.49. The van der Waals surface area contributed by atoms with E-state index in [0.29, 0.717) is 17.9 Å². The molecule has 1 N–H and O–H groups in total. The molecule has 3 nitrogen and oxygen atoms in total. The first-order valence-electron chi connectivity index (χ1n) is 7.49. The molecule has 0 aromatic heterocycles. The summed E-state index contributed by atoms with van der Waals surface area (Å²) in [6, 6.07) is 4.21. The normalized spacial score (nSPS) is 28.0. The summed E-state index contributed by atoms with van der Waals surface area (Å²) >= 11 is 0. The number of nitrogens with one attached hydrogen (secondary N) is 1. The summed E-state index contributed by atoms with van der Waals surface area (Å²) in [5.74, 6) is -1.36. The zero-order valence-electron chi connectivity index (χ0n) is 12.1. The molecule has 5 heteroatoms. The van der Waals surface area contributed by atoms with Crippen molar-refractivity contribution in [2.75, 3.05) is 26.7 Å². The van der Waals surface area contributed by atoms with E-state index < -0.39 is 11.6 Å². The second kappa shape index (κ2) is 5.72. The van der Waals surface area contributed by atoms with E-state index >= 15 is 0 Å². The molecule has 3 rings (SSSR count). The average Bonchev–Trinajstić information content (AvgIpc) is 3.12. The van der Waals surface area contributed by atoms with Gasteiger partial charge in [0.2, 0.25) is 5.91 Å². The first-order chi connectivity index (χ1) is 10.1. The minimum Gasteiger partial charge on any atom is -0.342 e. The van der Waals surface area contributed by atoms with Gasteiger partial charge in [-0.05, 0) is 49.9 Å². The van der Waals surface area contributed by atoms with Crippen LogP contribution in [0.15, 0.2) is 18.2 Å². The molecule has 1 saturated carbocycles. The summed E-state index contributed by atoms with van der Waals surface area (Å²) in [5, 5.41) is 3.13. The second-order valence-corrected chi connectivity index (χ2v) is 6.09. The number of amides is 1. The van der Waals surface area contributed by atoms with Crippen LogP contribution < -0.4 is 5.32 Å². The van der Waals surface area contributed by atoms with Gasteiger partial charge in [-0.1, -0.05) is 12.1 Å². The van der Waals surface area contributed by atoms with E-state index in [1.165, 1.54) is 6.07 Å². The van der Waals surface area contributed by atoms with Crippen LogP contribution in [0.25, 0.3) is 0 Å². The number of likely N-dealkylation sites (tertiary alicyclic amines) is 1. The lowest BCUT2D eigenvalue weighted by molar-refractivity contribution is -0.131. The third-order valence-corrected chi connectivity index (χ3v) is 4.58. The maximum Gasteiger partial charge on any atom is 0.226 e. The third kappa shape index (κ3) is 2.79. The number of hydrogen-bond donors (Lipinski definition) is 1. The summed E-state index contributed by atoms with van der Waals surface area (Å²) in [6.45, 7) is 2.46. The Hall–Kier alpha value is -1.49. The van der Waals surface area contributed by atoms with Gasteiger partial charge in [0.05, 0.1) is 0 Å². The quantitative estimate of drug-likeness (QED) is 0.922. The molecular formula is C16H20F2N2O. The molecule has 3 atom stereocenters. The fourth-order valence-electron chi connectivity index (χ4n) is 3.34. The van der Waals surface area contributed by atoms with Crippen LogP contribution in [0.2, 0.25) is 0 Å². The van der Waals surface area contributed by atoms with Crippen LogP contribution in [0, 0.1) is 23.5 Å². The molecule has 2 fully saturated rings. The molecule has 1 aliphatic heterocycles. The molecule has 0 radical (unpaired) electrons. The summed E-state index contributed by atoms with van der Waals surface area (Å²) in [6.07, 6.45) is 1.64. The minimum absolute atomic E-state index is 0.0993. The van der Waals surface area contributed by atoms with Crippen LogP contribution in [0.3, 0.4) is 0 Å². The second-order valence-electron chi connectivity index (χ2n) is 6.09. The van der Waals surface area contributed by atoms with E-state index in [4.69, 9.17) is 0 Å². The van der Waals surface area contributed by atoms with Crippen LogP contribution in [0.1, 0.15) is 24.3 Å². The van der Waals surface area contributed by atoms with Gasteiger partial charge >= 0.3 is 0 Å². The molecule has 1 heterocycles. The van der Waals surface area contributed by atoms with Gasteiger partial charge in [0.15, 0.2) is 11.6 Å². The Morgan fingerprint density at radius 1 is 1.43 bits per heavy atom. The van der Waals surface area contributed by atoms with Crippen LogP contribution in [-0.2, 0) is 4.79 Å². The lowest BCUT2D eigenvalue weighted by Gasteiger charge is -2.16. The van der Waals surface area contributed by atoms with Crippen molar-refractivity contribution in [3.05, 3.63) is 35.4 Å². The van der Waals surface area contributed by atoms with Crippen molar-refractivity contribution in [1.29, 1.82) is 0 Å². The molecule has 0 spiro atoms. The van der Waals surface area contributed by atoms with Crippen LogP contribution in [0.5, 0.6) is 0 Å². The SMILES string of the molecule is CNC[C@@H]1CCN(C(=O)[C@H]2C[C@@H]2c2cccc(F)c2F)C1. The van der Waals surface area contributed by atoms with Crippen molar-refractivity contribution in [3.63, 3.8) is 0 Å². The van der Waals surface area contributed by atoms with Gasteiger partial charge in [-0.15, -0.1) is 0 Å². The molecule has 114 valence electrons. The Labute approximate surface area is 123 Å². The summed E-state index contributed by atoms with van der Waals surface area (Å²) in [4.78, 5) is 14.3. The Morgan fingerprint density at radius 3 is 3.00 bits per heavy atom. The predicted molar refractivity (Wildman–Crippen MR) is 75.8 cm³/mol. The molecule has 1 aliphatic carbocycles. The van der Waals surface area contributed by atoms with Crippen molar-refractivity contribution in [1.82, 2.24) is 10.2 Å². The molecule has 1 aromatic rings. The number of rotatable bonds is 4. The van der Waals surface area contributed by atoms with Crippen LogP contribution >= 0.6 is 0 Å². The number of benzene rings is 1. The Kier molecular flexibility index (Phi) is 3.93. The first kappa shape index (κ1) is 14.4. The van der Waals surface area contributed by atoms with E-state index in [1.807, 2.05) is 11.9 Å². The zero-order valence-corrected chi connectivity index (χ0v) is 12.1. The van der Waals surface area contributed by atoms with Gasteiger partial charge in [-0.2, -0.15) is 0 Å². The maximum atomic E-state index is 13.8. The van der Waals surface area contributed by atoms with Crippen molar-refractivity contribution in [3.8, 4) is 0 Å². The van der Waals surface area contributed by atoms with Crippen LogP contribution in [0.4, 0.5) is 8.78 Å². The van der Waals surface area contributed by atoms with E-state index in [1.54, 1.807) is 6.07 Å². The van der Waals surface area contributed by atoms with Crippen molar-refractivity contribution >= 4 is 5.91 Å². The highest BCUT2D eigenvalue weighted by molar-refractivity contribution is 5.83. The molecule has 1 saturated heterocycles. The highest BCUT2D eigenvalue weighted by atomic mass is 19.2. The molecular weight excluding hydrogens is 274 g/mol. The molecule has 0 unspecified atom stereocenters. The minimum atomic E-state index is -0.833. The van der Waals surface area contributed by atoms with E-state index in [-0.39, 0.29) is 17.7 Å². The van der Waals surface area contributed by atoms with E-state index in [2.05, 4.69) is 5.32 Å². The van der Waals surface area contributed by atoms with Gasteiger partial charge < -0.3 is 10.2 Å². The molecule has 2 aliphatic rings. The zero-order chi connectivity index (χ0) is 15.0. The fourth-order valence-corrected chi connectivity index (χ4v) is 3.34. The molecule has 0 bridgehead atoms. The lowest BCUT2D eigenvalue weighted by atomic mass is 10.1. The summed E-state index contributed by atoms with van der Waals surface area (Å²) < 4.78 is 27.0. The Morgan fingerprint density at radius 2 is 2.24 bits per heavy atom. The molecule has 1 aromatic carbocycles. The number of nitrogens with zero attached hydrogens (tertiary/aromatic N) is 1. The highest BCUT2D eigenvalue weighted by Gasteiger charge is 2.48.